The number of nitrogens with one attached hydrogen (secondary N) is 1. The molecule has 98 valence electrons. The Hall–Kier alpha value is -0.830. The second kappa shape index (κ2) is 8.29. The van der Waals surface area contributed by atoms with Gasteiger partial charge in [-0.15, -0.1) is 0 Å². The van der Waals surface area contributed by atoms with E-state index in [-0.39, 0.29) is 18.0 Å². The molecule has 0 heterocycles. The summed E-state index contributed by atoms with van der Waals surface area (Å²) in [6.07, 6.45) is 13.3. The Labute approximate surface area is 105 Å². The van der Waals surface area contributed by atoms with E-state index in [0.717, 1.165) is 12.8 Å². The molecule has 0 spiro atoms. The van der Waals surface area contributed by atoms with Crippen LogP contribution in [0.4, 0.5) is 0 Å². The van der Waals surface area contributed by atoms with Gasteiger partial charge in [-0.05, 0) is 25.3 Å². The summed E-state index contributed by atoms with van der Waals surface area (Å²) in [7, 11) is 0. The van der Waals surface area contributed by atoms with Crippen LogP contribution in [-0.2, 0) is 4.79 Å². The van der Waals surface area contributed by atoms with Gasteiger partial charge in [0.2, 0.25) is 5.91 Å². The number of allylic oxidation sites excluding steroid dienone is 1. The quantitative estimate of drug-likeness (QED) is 0.479. The summed E-state index contributed by atoms with van der Waals surface area (Å²) in [5.41, 5.74) is 5.61. The molecule has 0 radical (unpaired) electrons. The van der Waals surface area contributed by atoms with Crippen molar-refractivity contribution >= 4 is 5.91 Å². The van der Waals surface area contributed by atoms with E-state index >= 15 is 0 Å². The fourth-order valence-electron chi connectivity index (χ4n) is 1.84. The number of unbranched alkanes of at least 4 members (excludes halogenated alkanes) is 6. The molecule has 1 aliphatic carbocycles. The molecule has 1 rings (SSSR count). The van der Waals surface area contributed by atoms with Crippen LogP contribution in [0.5, 0.6) is 0 Å². The van der Waals surface area contributed by atoms with Gasteiger partial charge in [-0.25, -0.2) is 0 Å². The third kappa shape index (κ3) is 7.16. The van der Waals surface area contributed by atoms with Crippen molar-refractivity contribution in [3.8, 4) is 0 Å². The van der Waals surface area contributed by atoms with Gasteiger partial charge in [0, 0.05) is 12.1 Å². The summed E-state index contributed by atoms with van der Waals surface area (Å²) in [5.74, 6) is 0.00827. The molecule has 1 fully saturated rings. The lowest BCUT2D eigenvalue weighted by molar-refractivity contribution is -0.116. The molecule has 3 heteroatoms. The van der Waals surface area contributed by atoms with Crippen molar-refractivity contribution in [3.05, 3.63) is 12.2 Å². The highest BCUT2D eigenvalue weighted by Gasteiger charge is 2.34. The van der Waals surface area contributed by atoms with Crippen LogP contribution in [0.15, 0.2) is 12.2 Å². The Morgan fingerprint density at radius 2 is 1.94 bits per heavy atom. The lowest BCUT2D eigenvalue weighted by Crippen LogP contribution is -2.27. The SMILES string of the molecule is CCCCCCCC/C=C/C(=O)N[C@@H]1C[C@@H]1N. The van der Waals surface area contributed by atoms with Crippen LogP contribution in [-0.4, -0.2) is 18.0 Å². The van der Waals surface area contributed by atoms with Crippen molar-refractivity contribution in [2.45, 2.75) is 70.4 Å². The van der Waals surface area contributed by atoms with Crippen molar-refractivity contribution in [1.82, 2.24) is 5.32 Å². The summed E-state index contributed by atoms with van der Waals surface area (Å²) in [5, 5.41) is 2.87. The highest BCUT2D eigenvalue weighted by Crippen LogP contribution is 2.17. The van der Waals surface area contributed by atoms with E-state index in [4.69, 9.17) is 5.73 Å². The Morgan fingerprint density at radius 3 is 2.59 bits per heavy atom. The van der Waals surface area contributed by atoms with Gasteiger partial charge >= 0.3 is 0 Å². The van der Waals surface area contributed by atoms with Crippen LogP contribution in [0.1, 0.15) is 58.3 Å². The normalized spacial score (nSPS) is 22.9. The van der Waals surface area contributed by atoms with Crippen LogP contribution in [0.2, 0.25) is 0 Å². The monoisotopic (exact) mass is 238 g/mol. The third-order valence-electron chi connectivity index (χ3n) is 3.16. The fourth-order valence-corrected chi connectivity index (χ4v) is 1.84. The minimum atomic E-state index is 0.00827. The van der Waals surface area contributed by atoms with Crippen molar-refractivity contribution < 1.29 is 4.79 Å². The highest BCUT2D eigenvalue weighted by atomic mass is 16.1. The fraction of sp³-hybridized carbons (Fsp3) is 0.786. The molecule has 3 nitrogen and oxygen atoms in total. The van der Waals surface area contributed by atoms with Gasteiger partial charge in [-0.1, -0.05) is 45.1 Å². The van der Waals surface area contributed by atoms with E-state index in [0.29, 0.717) is 0 Å². The molecule has 0 aliphatic heterocycles. The summed E-state index contributed by atoms with van der Waals surface area (Å²) in [6, 6.07) is 0.409. The van der Waals surface area contributed by atoms with Crippen molar-refractivity contribution in [2.24, 2.45) is 5.73 Å². The third-order valence-corrected chi connectivity index (χ3v) is 3.16. The molecule has 2 atom stereocenters. The standard InChI is InChI=1S/C14H26N2O/c1-2-3-4-5-6-7-8-9-10-14(17)16-13-11-12(13)15/h9-10,12-13H,2-8,11,15H2,1H3,(H,16,17)/b10-9+/t12-,13+/m0/s1. The molecule has 0 unspecified atom stereocenters. The van der Waals surface area contributed by atoms with Gasteiger partial charge < -0.3 is 11.1 Å². The molecule has 17 heavy (non-hydrogen) atoms. The number of hydrogen-bond donors (Lipinski definition) is 2. The topological polar surface area (TPSA) is 55.1 Å². The Kier molecular flexibility index (Phi) is 6.94. The maximum absolute atomic E-state index is 11.4. The van der Waals surface area contributed by atoms with Crippen LogP contribution >= 0.6 is 0 Å². The smallest absolute Gasteiger partial charge is 0.243 e. The Balaban J connectivity index is 1.89. The van der Waals surface area contributed by atoms with Gasteiger partial charge in [-0.3, -0.25) is 4.79 Å². The van der Waals surface area contributed by atoms with E-state index < -0.39 is 0 Å². The molecule has 0 bridgehead atoms. The van der Waals surface area contributed by atoms with Gasteiger partial charge in [0.15, 0.2) is 0 Å². The zero-order valence-corrected chi connectivity index (χ0v) is 11.0. The van der Waals surface area contributed by atoms with Crippen molar-refractivity contribution in [2.75, 3.05) is 0 Å². The maximum Gasteiger partial charge on any atom is 0.243 e. The number of rotatable bonds is 9. The average molecular weight is 238 g/mol. The first-order chi connectivity index (χ1) is 8.24. The summed E-state index contributed by atoms with van der Waals surface area (Å²) in [4.78, 5) is 11.4. The van der Waals surface area contributed by atoms with E-state index in [1.54, 1.807) is 6.08 Å². The Morgan fingerprint density at radius 1 is 1.29 bits per heavy atom. The minimum Gasteiger partial charge on any atom is -0.348 e. The Bertz CT molecular complexity index is 251. The second-order valence-electron chi connectivity index (χ2n) is 4.97. The molecule has 0 saturated heterocycles. The van der Waals surface area contributed by atoms with E-state index in [2.05, 4.69) is 12.2 Å². The first-order valence-electron chi connectivity index (χ1n) is 6.96. The van der Waals surface area contributed by atoms with Crippen LogP contribution in [0.25, 0.3) is 0 Å². The number of amides is 1. The van der Waals surface area contributed by atoms with Crippen LogP contribution in [0, 0.1) is 0 Å². The lowest BCUT2D eigenvalue weighted by atomic mass is 10.1. The van der Waals surface area contributed by atoms with Crippen LogP contribution in [0.3, 0.4) is 0 Å². The molecular weight excluding hydrogens is 212 g/mol. The van der Waals surface area contributed by atoms with E-state index in [9.17, 15) is 4.79 Å². The highest BCUT2D eigenvalue weighted by molar-refractivity contribution is 5.88. The molecular formula is C14H26N2O. The second-order valence-corrected chi connectivity index (χ2v) is 4.97. The van der Waals surface area contributed by atoms with E-state index in [1.807, 2.05) is 6.08 Å². The molecule has 0 aromatic carbocycles. The van der Waals surface area contributed by atoms with E-state index in [1.165, 1.54) is 38.5 Å². The lowest BCUT2D eigenvalue weighted by Gasteiger charge is -1.99. The zero-order chi connectivity index (χ0) is 12.5. The number of nitrogens with two attached hydrogens (primary N) is 1. The summed E-state index contributed by atoms with van der Waals surface area (Å²) < 4.78 is 0. The molecule has 0 aromatic heterocycles. The van der Waals surface area contributed by atoms with Crippen molar-refractivity contribution in [1.29, 1.82) is 0 Å². The molecule has 1 saturated carbocycles. The average Bonchev–Trinajstić information content (AvgIpc) is 2.98. The maximum atomic E-state index is 11.4. The molecule has 1 aliphatic rings. The first-order valence-corrected chi connectivity index (χ1v) is 6.96. The number of carbonyl (C=O) groups excluding carboxylic acids is 1. The largest absolute Gasteiger partial charge is 0.348 e. The zero-order valence-electron chi connectivity index (χ0n) is 11.0. The number of carbonyl (C=O) groups is 1. The molecule has 1 amide bonds. The van der Waals surface area contributed by atoms with Gasteiger partial charge in [-0.2, -0.15) is 0 Å². The van der Waals surface area contributed by atoms with Crippen LogP contribution < -0.4 is 11.1 Å². The van der Waals surface area contributed by atoms with Gasteiger partial charge in [0.25, 0.3) is 0 Å². The predicted molar refractivity (Wildman–Crippen MR) is 71.7 cm³/mol. The summed E-state index contributed by atoms with van der Waals surface area (Å²) in [6.45, 7) is 2.23. The molecule has 0 aromatic rings. The van der Waals surface area contributed by atoms with Gasteiger partial charge in [0.05, 0.1) is 0 Å². The predicted octanol–water partition coefficient (Wildman–Crippen LogP) is 2.51. The molecule has 3 N–H and O–H groups in total. The van der Waals surface area contributed by atoms with Crippen molar-refractivity contribution in [3.63, 3.8) is 0 Å². The summed E-state index contributed by atoms with van der Waals surface area (Å²) >= 11 is 0. The first kappa shape index (κ1) is 14.2. The van der Waals surface area contributed by atoms with Gasteiger partial charge in [0.1, 0.15) is 0 Å². The number of hydrogen-bond acceptors (Lipinski definition) is 2. The minimum absolute atomic E-state index is 0.00827.